The van der Waals surface area contributed by atoms with Gasteiger partial charge in [-0.1, -0.05) is 141 Å². The first-order valence-corrected chi connectivity index (χ1v) is 21.2. The van der Waals surface area contributed by atoms with E-state index < -0.39 is 32.5 Å². The molecular formula is C39H73O8P. The van der Waals surface area contributed by atoms with E-state index in [0.29, 0.717) is 6.42 Å². The third kappa shape index (κ3) is 37.4. The van der Waals surface area contributed by atoms with Crippen molar-refractivity contribution in [1.29, 1.82) is 0 Å². The molecule has 0 aromatic rings. The molecule has 0 fully saturated rings. The molecule has 0 rings (SSSR count). The van der Waals surface area contributed by atoms with Crippen LogP contribution in [-0.4, -0.2) is 41.0 Å². The largest absolute Gasteiger partial charge is 0.469 e. The summed E-state index contributed by atoms with van der Waals surface area (Å²) in [6.45, 7) is 3.65. The number of hydrogen-bond donors (Lipinski definition) is 2. The molecule has 0 heterocycles. The van der Waals surface area contributed by atoms with E-state index in [0.717, 1.165) is 64.2 Å². The summed E-state index contributed by atoms with van der Waals surface area (Å²) in [5, 5.41) is 0. The van der Waals surface area contributed by atoms with Crippen LogP contribution in [0.4, 0.5) is 0 Å². The van der Waals surface area contributed by atoms with Gasteiger partial charge in [0.2, 0.25) is 0 Å². The number of phosphoric acid groups is 1. The number of phosphoric ester groups is 1. The molecule has 0 aliphatic heterocycles. The summed E-state index contributed by atoms with van der Waals surface area (Å²) in [6.07, 6.45) is 39.0. The lowest BCUT2D eigenvalue weighted by Crippen LogP contribution is -2.29. The Kier molecular flexibility index (Phi) is 34.3. The fraction of sp³-hybridized carbons (Fsp3) is 0.846. The van der Waals surface area contributed by atoms with Gasteiger partial charge in [-0.25, -0.2) is 4.57 Å². The van der Waals surface area contributed by atoms with Gasteiger partial charge >= 0.3 is 19.8 Å². The molecule has 0 bridgehead atoms. The van der Waals surface area contributed by atoms with Crippen LogP contribution in [-0.2, 0) is 28.2 Å². The smallest absolute Gasteiger partial charge is 0.462 e. The molecule has 48 heavy (non-hydrogen) atoms. The lowest BCUT2D eigenvalue weighted by Gasteiger charge is -2.18. The van der Waals surface area contributed by atoms with Gasteiger partial charge < -0.3 is 19.3 Å². The van der Waals surface area contributed by atoms with Gasteiger partial charge in [-0.2, -0.15) is 0 Å². The summed E-state index contributed by atoms with van der Waals surface area (Å²) < 4.78 is 26.3. The van der Waals surface area contributed by atoms with Gasteiger partial charge in [0, 0.05) is 12.8 Å². The van der Waals surface area contributed by atoms with E-state index >= 15 is 0 Å². The van der Waals surface area contributed by atoms with E-state index in [1.54, 1.807) is 0 Å². The van der Waals surface area contributed by atoms with Gasteiger partial charge in [-0.3, -0.25) is 14.1 Å². The van der Waals surface area contributed by atoms with Crippen LogP contribution in [0.2, 0.25) is 0 Å². The fourth-order valence-electron chi connectivity index (χ4n) is 5.48. The average molecular weight is 701 g/mol. The van der Waals surface area contributed by atoms with Crippen molar-refractivity contribution in [3.63, 3.8) is 0 Å². The lowest BCUT2D eigenvalue weighted by molar-refractivity contribution is -0.161. The lowest BCUT2D eigenvalue weighted by atomic mass is 10.1. The third-order valence-corrected chi connectivity index (χ3v) is 8.93. The SMILES string of the molecule is CCCCCC/C=C\CCCCCCCC(=O)O[C@H](COC(=O)CCCCCCCCC/C=C\CCCCCCCC)COP(=O)(O)O. The van der Waals surface area contributed by atoms with Gasteiger partial charge in [0.15, 0.2) is 6.10 Å². The van der Waals surface area contributed by atoms with E-state index in [1.165, 1.54) is 96.3 Å². The molecule has 1 atom stereocenters. The second kappa shape index (κ2) is 35.4. The number of unbranched alkanes of at least 4 members (excludes halogenated alkanes) is 22. The Morgan fingerprint density at radius 3 is 1.29 bits per heavy atom. The highest BCUT2D eigenvalue weighted by molar-refractivity contribution is 7.46. The van der Waals surface area contributed by atoms with Crippen LogP contribution in [0.15, 0.2) is 24.3 Å². The summed E-state index contributed by atoms with van der Waals surface area (Å²) >= 11 is 0. The van der Waals surface area contributed by atoms with Crippen LogP contribution in [0.3, 0.4) is 0 Å². The Balaban J connectivity index is 3.94. The topological polar surface area (TPSA) is 119 Å². The van der Waals surface area contributed by atoms with E-state index in [9.17, 15) is 14.2 Å². The maximum absolute atomic E-state index is 12.3. The monoisotopic (exact) mass is 701 g/mol. The first-order valence-electron chi connectivity index (χ1n) is 19.6. The van der Waals surface area contributed by atoms with Gasteiger partial charge in [0.05, 0.1) is 6.61 Å². The third-order valence-electron chi connectivity index (χ3n) is 8.44. The highest BCUT2D eigenvalue weighted by Gasteiger charge is 2.22. The molecule has 8 nitrogen and oxygen atoms in total. The van der Waals surface area contributed by atoms with Crippen LogP contribution in [0.25, 0.3) is 0 Å². The summed E-state index contributed by atoms with van der Waals surface area (Å²) in [6, 6.07) is 0. The van der Waals surface area contributed by atoms with Crippen molar-refractivity contribution in [3.8, 4) is 0 Å². The standard InChI is InChI=1S/C39H73O8P/c1-3-5-7-9-11-13-15-17-18-19-20-22-23-25-27-29-31-33-38(40)45-35-37(36-46-48(42,43)44)47-39(41)34-32-30-28-26-24-21-16-14-12-10-8-6-4-2/h14,16-18,37H,3-13,15,19-36H2,1-2H3,(H2,42,43,44)/b16-14-,18-17-/t37-/m1/s1. The molecule has 0 saturated heterocycles. The predicted octanol–water partition coefficient (Wildman–Crippen LogP) is 11.6. The van der Waals surface area contributed by atoms with Crippen molar-refractivity contribution in [3.05, 3.63) is 24.3 Å². The van der Waals surface area contributed by atoms with Crippen LogP contribution in [0.1, 0.15) is 194 Å². The van der Waals surface area contributed by atoms with Crippen molar-refractivity contribution < 1.29 is 37.9 Å². The minimum atomic E-state index is -4.75. The maximum Gasteiger partial charge on any atom is 0.469 e. The summed E-state index contributed by atoms with van der Waals surface area (Å²) in [5.41, 5.74) is 0. The molecule has 0 unspecified atom stereocenters. The van der Waals surface area contributed by atoms with Crippen molar-refractivity contribution >= 4 is 19.8 Å². The number of hydrogen-bond acceptors (Lipinski definition) is 6. The molecule has 0 radical (unpaired) electrons. The molecule has 0 aromatic carbocycles. The van der Waals surface area contributed by atoms with Crippen molar-refractivity contribution in [2.24, 2.45) is 0 Å². The zero-order valence-electron chi connectivity index (χ0n) is 30.9. The summed E-state index contributed by atoms with van der Waals surface area (Å²) in [7, 11) is -4.75. The predicted molar refractivity (Wildman–Crippen MR) is 198 cm³/mol. The number of carbonyl (C=O) groups excluding carboxylic acids is 2. The number of rotatable bonds is 36. The van der Waals surface area contributed by atoms with Crippen LogP contribution >= 0.6 is 7.82 Å². The molecular weight excluding hydrogens is 627 g/mol. The molecule has 0 saturated carbocycles. The van der Waals surface area contributed by atoms with Gasteiger partial charge in [0.25, 0.3) is 0 Å². The molecule has 0 spiro atoms. The van der Waals surface area contributed by atoms with Gasteiger partial charge in [0.1, 0.15) is 6.61 Å². The molecule has 0 aliphatic rings. The molecule has 9 heteroatoms. The van der Waals surface area contributed by atoms with E-state index in [4.69, 9.17) is 19.3 Å². The molecule has 282 valence electrons. The Morgan fingerprint density at radius 2 is 0.875 bits per heavy atom. The highest BCUT2D eigenvalue weighted by atomic mass is 31.2. The zero-order valence-corrected chi connectivity index (χ0v) is 31.8. The Morgan fingerprint density at radius 1 is 0.521 bits per heavy atom. The van der Waals surface area contributed by atoms with Crippen molar-refractivity contribution in [2.75, 3.05) is 13.2 Å². The average Bonchev–Trinajstić information content (AvgIpc) is 3.05. The van der Waals surface area contributed by atoms with Crippen LogP contribution < -0.4 is 0 Å². The van der Waals surface area contributed by atoms with E-state index in [2.05, 4.69) is 42.7 Å². The Bertz CT molecular complexity index is 838. The molecule has 2 N–H and O–H groups in total. The Hall–Kier alpha value is -1.47. The summed E-state index contributed by atoms with van der Waals surface area (Å²) in [5.74, 6) is -0.896. The van der Waals surface area contributed by atoms with E-state index in [1.807, 2.05) is 0 Å². The minimum absolute atomic E-state index is 0.202. The maximum atomic E-state index is 12.3. The second-order valence-corrected chi connectivity index (χ2v) is 14.5. The summed E-state index contributed by atoms with van der Waals surface area (Å²) in [4.78, 5) is 42.7. The van der Waals surface area contributed by atoms with Gasteiger partial charge in [-0.15, -0.1) is 0 Å². The van der Waals surface area contributed by atoms with Crippen LogP contribution in [0, 0.1) is 0 Å². The van der Waals surface area contributed by atoms with Gasteiger partial charge in [-0.05, 0) is 64.2 Å². The second-order valence-electron chi connectivity index (χ2n) is 13.2. The minimum Gasteiger partial charge on any atom is -0.462 e. The Labute approximate surface area is 294 Å². The first kappa shape index (κ1) is 46.5. The van der Waals surface area contributed by atoms with Crippen LogP contribution in [0.5, 0.6) is 0 Å². The zero-order chi connectivity index (χ0) is 35.4. The fourth-order valence-corrected chi connectivity index (χ4v) is 5.84. The first-order chi connectivity index (χ1) is 23.3. The number of allylic oxidation sites excluding steroid dienone is 4. The highest BCUT2D eigenvalue weighted by Crippen LogP contribution is 2.36. The molecule has 0 aliphatic carbocycles. The number of esters is 2. The normalized spacial score (nSPS) is 12.7. The van der Waals surface area contributed by atoms with E-state index in [-0.39, 0.29) is 19.4 Å². The van der Waals surface area contributed by atoms with Crippen molar-refractivity contribution in [2.45, 2.75) is 200 Å². The van der Waals surface area contributed by atoms with Crippen molar-refractivity contribution in [1.82, 2.24) is 0 Å². The number of carbonyl (C=O) groups is 2. The number of ether oxygens (including phenoxy) is 2. The quantitative estimate of drug-likeness (QED) is 0.0287. The molecule has 0 aromatic heterocycles. The molecule has 0 amide bonds.